The van der Waals surface area contributed by atoms with Crippen LogP contribution in [-0.4, -0.2) is 0 Å². The third-order valence-electron chi connectivity index (χ3n) is 7.68. The number of hydrogen-bond acceptors (Lipinski definition) is 0. The predicted molar refractivity (Wildman–Crippen MR) is 132 cm³/mol. The zero-order valence-corrected chi connectivity index (χ0v) is 17.9. The van der Waals surface area contributed by atoms with Gasteiger partial charge in [0, 0.05) is 5.02 Å². The summed E-state index contributed by atoms with van der Waals surface area (Å²) < 4.78 is 0. The third kappa shape index (κ3) is 1.76. The lowest BCUT2D eigenvalue weighted by molar-refractivity contribution is 0.818. The van der Waals surface area contributed by atoms with Crippen molar-refractivity contribution in [3.63, 3.8) is 0 Å². The maximum atomic E-state index is 6.17. The average molecular weight is 425 g/mol. The van der Waals surface area contributed by atoms with Crippen molar-refractivity contribution in [1.29, 1.82) is 0 Å². The van der Waals surface area contributed by atoms with E-state index in [1.165, 1.54) is 66.8 Å². The van der Waals surface area contributed by atoms with Crippen LogP contribution in [0.25, 0.3) is 44.5 Å². The Morgan fingerprint density at radius 2 is 0.969 bits per heavy atom. The van der Waals surface area contributed by atoms with Gasteiger partial charge in [-0.2, -0.15) is 0 Å². The second-order valence-electron chi connectivity index (χ2n) is 9.02. The molecule has 3 aliphatic rings. The number of rotatable bonds is 1. The van der Waals surface area contributed by atoms with Crippen molar-refractivity contribution < 1.29 is 0 Å². The minimum atomic E-state index is -0.216. The summed E-state index contributed by atoms with van der Waals surface area (Å²) in [5.74, 6) is 0. The highest BCUT2D eigenvalue weighted by Crippen LogP contribution is 2.69. The van der Waals surface area contributed by atoms with Crippen molar-refractivity contribution in [2.45, 2.75) is 5.41 Å². The van der Waals surface area contributed by atoms with E-state index >= 15 is 0 Å². The van der Waals surface area contributed by atoms with Crippen molar-refractivity contribution in [3.05, 3.63) is 130 Å². The van der Waals surface area contributed by atoms with E-state index in [1.807, 2.05) is 12.1 Å². The highest BCUT2D eigenvalue weighted by molar-refractivity contribution is 6.30. The molecular weight excluding hydrogens is 408 g/mol. The normalized spacial score (nSPS) is 17.7. The van der Waals surface area contributed by atoms with Gasteiger partial charge in [-0.3, -0.25) is 0 Å². The van der Waals surface area contributed by atoms with Crippen LogP contribution < -0.4 is 0 Å². The van der Waals surface area contributed by atoms with Gasteiger partial charge in [0.15, 0.2) is 0 Å². The number of benzene rings is 5. The summed E-state index contributed by atoms with van der Waals surface area (Å²) in [5, 5.41) is 0.768. The number of halogens is 1. The van der Waals surface area contributed by atoms with Crippen LogP contribution in [0.5, 0.6) is 0 Å². The Bertz CT molecular complexity index is 1590. The van der Waals surface area contributed by atoms with Crippen LogP contribution in [-0.2, 0) is 5.41 Å². The fraction of sp³-hybridized carbons (Fsp3) is 0.0323. The van der Waals surface area contributed by atoms with Gasteiger partial charge in [0.2, 0.25) is 0 Å². The number of hydrogen-bond donors (Lipinski definition) is 0. The molecule has 1 heteroatoms. The van der Waals surface area contributed by atoms with Crippen LogP contribution in [0, 0.1) is 0 Å². The first kappa shape index (κ1) is 17.0. The van der Waals surface area contributed by atoms with E-state index in [-0.39, 0.29) is 5.41 Å². The molecular formula is C31H17Cl. The molecule has 0 aromatic heterocycles. The van der Waals surface area contributed by atoms with Gasteiger partial charge in [0.05, 0.1) is 5.41 Å². The Balaban J connectivity index is 1.54. The Labute approximate surface area is 191 Å². The van der Waals surface area contributed by atoms with Crippen molar-refractivity contribution >= 4 is 11.6 Å². The van der Waals surface area contributed by atoms with Crippen LogP contribution in [0.2, 0.25) is 5.02 Å². The molecule has 0 aliphatic heterocycles. The van der Waals surface area contributed by atoms with E-state index in [4.69, 9.17) is 11.6 Å². The van der Waals surface area contributed by atoms with Crippen molar-refractivity contribution in [2.75, 3.05) is 0 Å². The lowest BCUT2D eigenvalue weighted by Crippen LogP contribution is -2.23. The van der Waals surface area contributed by atoms with E-state index < -0.39 is 0 Å². The Kier molecular flexibility index (Phi) is 2.97. The second kappa shape index (κ2) is 5.59. The van der Waals surface area contributed by atoms with E-state index in [1.54, 1.807) is 0 Å². The van der Waals surface area contributed by atoms with Crippen LogP contribution in [0.4, 0.5) is 0 Å². The molecule has 0 amide bonds. The molecule has 0 fully saturated rings. The smallest absolute Gasteiger partial charge is 0.0737 e. The minimum Gasteiger partial charge on any atom is -0.0843 e. The van der Waals surface area contributed by atoms with E-state index in [0.717, 1.165) is 5.02 Å². The Hall–Kier alpha value is -3.61. The summed E-state index contributed by atoms with van der Waals surface area (Å²) >= 11 is 6.17. The summed E-state index contributed by atoms with van der Waals surface area (Å²) in [6.07, 6.45) is 0. The first-order valence-corrected chi connectivity index (χ1v) is 11.4. The van der Waals surface area contributed by atoms with Crippen LogP contribution in [0.15, 0.2) is 103 Å². The molecule has 3 aliphatic carbocycles. The molecule has 0 nitrogen and oxygen atoms in total. The molecule has 0 heterocycles. The van der Waals surface area contributed by atoms with Gasteiger partial charge in [-0.05, 0) is 85.0 Å². The van der Waals surface area contributed by atoms with E-state index in [2.05, 4.69) is 91.0 Å². The van der Waals surface area contributed by atoms with Gasteiger partial charge in [-0.25, -0.2) is 0 Å². The van der Waals surface area contributed by atoms with Crippen molar-refractivity contribution in [1.82, 2.24) is 0 Å². The zero-order chi connectivity index (χ0) is 21.0. The van der Waals surface area contributed by atoms with Gasteiger partial charge >= 0.3 is 0 Å². The largest absolute Gasteiger partial charge is 0.0843 e. The quantitative estimate of drug-likeness (QED) is 0.248. The summed E-state index contributed by atoms with van der Waals surface area (Å²) in [5.41, 5.74) is 16.2. The van der Waals surface area contributed by atoms with Gasteiger partial charge in [0.25, 0.3) is 0 Å². The fourth-order valence-corrected chi connectivity index (χ4v) is 6.70. The van der Waals surface area contributed by atoms with E-state index in [9.17, 15) is 0 Å². The first-order chi connectivity index (χ1) is 15.8. The third-order valence-corrected chi connectivity index (χ3v) is 7.93. The van der Waals surface area contributed by atoms with Crippen molar-refractivity contribution in [2.24, 2.45) is 0 Å². The summed E-state index contributed by atoms with van der Waals surface area (Å²) in [7, 11) is 0. The van der Waals surface area contributed by atoms with Gasteiger partial charge < -0.3 is 0 Å². The topological polar surface area (TPSA) is 0 Å². The molecule has 8 rings (SSSR count). The monoisotopic (exact) mass is 424 g/mol. The molecule has 5 aromatic rings. The molecule has 0 bridgehead atoms. The highest BCUT2D eigenvalue weighted by Gasteiger charge is 2.57. The zero-order valence-electron chi connectivity index (χ0n) is 17.2. The standard InChI is InChI=1S/C31H17Cl/c32-20-14-11-18(12-15-20)19-13-16-22-24-7-4-9-26-25-8-3-6-23-21-5-1-2-10-27(21)31(29(23)25,30(24)26)28(22)17-19/h1-17H. The van der Waals surface area contributed by atoms with Crippen LogP contribution in [0.1, 0.15) is 22.3 Å². The molecule has 1 atom stereocenters. The lowest BCUT2D eigenvalue weighted by Gasteiger charge is -2.27. The molecule has 0 saturated carbocycles. The molecule has 1 unspecified atom stereocenters. The van der Waals surface area contributed by atoms with Crippen molar-refractivity contribution in [3.8, 4) is 44.5 Å². The molecule has 0 N–H and O–H groups in total. The molecule has 0 radical (unpaired) electrons. The van der Waals surface area contributed by atoms with Gasteiger partial charge in [0.1, 0.15) is 0 Å². The van der Waals surface area contributed by atoms with Crippen LogP contribution >= 0.6 is 11.6 Å². The van der Waals surface area contributed by atoms with Crippen LogP contribution in [0.3, 0.4) is 0 Å². The molecule has 32 heavy (non-hydrogen) atoms. The Morgan fingerprint density at radius 3 is 1.66 bits per heavy atom. The first-order valence-electron chi connectivity index (χ1n) is 11.1. The molecule has 148 valence electrons. The van der Waals surface area contributed by atoms with Gasteiger partial charge in [-0.1, -0.05) is 96.5 Å². The second-order valence-corrected chi connectivity index (χ2v) is 9.46. The molecule has 0 saturated heterocycles. The number of fused-ring (bicyclic) bond motifs is 5. The summed E-state index contributed by atoms with van der Waals surface area (Å²) in [6.45, 7) is 0. The fourth-order valence-electron chi connectivity index (χ4n) is 6.58. The van der Waals surface area contributed by atoms with E-state index in [0.29, 0.717) is 0 Å². The minimum absolute atomic E-state index is 0.216. The maximum Gasteiger partial charge on any atom is 0.0737 e. The highest BCUT2D eigenvalue weighted by atomic mass is 35.5. The Morgan fingerprint density at radius 1 is 0.438 bits per heavy atom. The molecule has 1 spiro atoms. The average Bonchev–Trinajstić information content (AvgIpc) is 3.43. The molecule has 5 aromatic carbocycles. The van der Waals surface area contributed by atoms with Gasteiger partial charge in [-0.15, -0.1) is 0 Å². The maximum absolute atomic E-state index is 6.17. The predicted octanol–water partition coefficient (Wildman–Crippen LogP) is 8.33. The SMILES string of the molecule is Clc1ccc(-c2ccc3c(c2)C24c5ccccc5-c5cccc(c52)-c2cccc-3c24)cc1. The summed E-state index contributed by atoms with van der Waals surface area (Å²) in [4.78, 5) is 0. The lowest BCUT2D eigenvalue weighted by atomic mass is 9.73. The summed E-state index contributed by atoms with van der Waals surface area (Å²) in [6, 6.07) is 37.9.